The van der Waals surface area contributed by atoms with Crippen molar-refractivity contribution >= 4 is 38.9 Å². The Kier molecular flexibility index (Phi) is 5.49. The molecule has 0 unspecified atom stereocenters. The fourth-order valence-corrected chi connectivity index (χ4v) is 8.24. The van der Waals surface area contributed by atoms with E-state index in [0.29, 0.717) is 17.8 Å². The first-order valence-corrected chi connectivity index (χ1v) is 13.3. The minimum absolute atomic E-state index is 0.0650. The van der Waals surface area contributed by atoms with Crippen molar-refractivity contribution < 1.29 is 22.7 Å². The zero-order valence-corrected chi connectivity index (χ0v) is 19.2. The minimum Gasteiger partial charge on any atom is -0.452 e. The first-order chi connectivity index (χ1) is 15.3. The number of hydrogen-bond donors (Lipinski definition) is 2. The molecule has 0 atom stereocenters. The van der Waals surface area contributed by atoms with Gasteiger partial charge < -0.3 is 10.1 Å². The molecule has 0 aliphatic heterocycles. The molecule has 1 aromatic heterocycles. The first kappa shape index (κ1) is 21.5. The third-order valence-corrected chi connectivity index (χ3v) is 9.69. The molecule has 9 heteroatoms. The smallest absolute Gasteiger partial charge is 0.340 e. The summed E-state index contributed by atoms with van der Waals surface area (Å²) in [6.07, 6.45) is 6.90. The number of nitrogens with one attached hydrogen (secondary N) is 2. The maximum Gasteiger partial charge on any atom is 0.340 e. The number of amides is 1. The summed E-state index contributed by atoms with van der Waals surface area (Å²) >= 11 is 1.08. The van der Waals surface area contributed by atoms with Crippen LogP contribution in [0.3, 0.4) is 0 Å². The second-order valence-electron chi connectivity index (χ2n) is 9.41. The number of para-hydroxylation sites is 1. The Morgan fingerprint density at radius 3 is 2.28 bits per heavy atom. The highest BCUT2D eigenvalue weighted by molar-refractivity contribution is 7.94. The second kappa shape index (κ2) is 8.19. The van der Waals surface area contributed by atoms with E-state index in [4.69, 9.17) is 4.74 Å². The van der Waals surface area contributed by atoms with E-state index in [0.717, 1.165) is 30.6 Å². The van der Waals surface area contributed by atoms with Crippen LogP contribution in [0.4, 0.5) is 5.69 Å². The van der Waals surface area contributed by atoms with Crippen molar-refractivity contribution in [2.24, 2.45) is 17.8 Å². The van der Waals surface area contributed by atoms with Gasteiger partial charge in [0.25, 0.3) is 15.9 Å². The van der Waals surface area contributed by atoms with Crippen LogP contribution in [-0.2, 0) is 19.6 Å². The van der Waals surface area contributed by atoms with Crippen LogP contribution in [-0.4, -0.2) is 32.4 Å². The maximum absolute atomic E-state index is 12.7. The number of carbonyl (C=O) groups excluding carboxylic acids is 2. The Bertz CT molecular complexity index is 1090. The molecule has 4 aliphatic rings. The fraction of sp³-hybridized carbons (Fsp3) is 0.478. The van der Waals surface area contributed by atoms with Crippen LogP contribution < -0.4 is 10.0 Å². The lowest BCUT2D eigenvalue weighted by molar-refractivity contribution is -0.130. The van der Waals surface area contributed by atoms with Crippen LogP contribution >= 0.6 is 11.3 Å². The van der Waals surface area contributed by atoms with Gasteiger partial charge in [0, 0.05) is 5.54 Å². The highest BCUT2D eigenvalue weighted by Crippen LogP contribution is 2.55. The molecular formula is C23H26N2O5S2. The molecule has 4 fully saturated rings. The summed E-state index contributed by atoms with van der Waals surface area (Å²) < 4.78 is 32.9. The topological polar surface area (TPSA) is 102 Å². The van der Waals surface area contributed by atoms with Crippen LogP contribution in [0, 0.1) is 17.8 Å². The molecule has 1 aromatic carbocycles. The van der Waals surface area contributed by atoms with Gasteiger partial charge in [0.15, 0.2) is 6.61 Å². The van der Waals surface area contributed by atoms with Gasteiger partial charge in [0.05, 0.1) is 11.3 Å². The number of hydrogen-bond acceptors (Lipinski definition) is 6. The van der Waals surface area contributed by atoms with E-state index >= 15 is 0 Å². The van der Waals surface area contributed by atoms with Crippen molar-refractivity contribution in [1.29, 1.82) is 0 Å². The number of anilines is 1. The molecule has 0 radical (unpaired) electrons. The molecule has 0 spiro atoms. The molecule has 170 valence electrons. The van der Waals surface area contributed by atoms with Gasteiger partial charge in [-0.2, -0.15) is 0 Å². The standard InChI is InChI=1S/C23H26N2O5S2/c26-20(24-23-11-15-8-16(12-23)10-17(9-15)13-23)14-30-22(27)18-4-1-2-5-19(18)25-32(28,29)21-6-3-7-31-21/h1-7,15-17,25H,8-14H2,(H,24,26). The Morgan fingerprint density at radius 1 is 1.00 bits per heavy atom. The van der Waals surface area contributed by atoms with E-state index in [1.807, 2.05) is 0 Å². The highest BCUT2D eigenvalue weighted by Gasteiger charge is 2.51. The van der Waals surface area contributed by atoms with Gasteiger partial charge >= 0.3 is 5.97 Å². The quantitative estimate of drug-likeness (QED) is 0.595. The highest BCUT2D eigenvalue weighted by atomic mass is 32.2. The SMILES string of the molecule is O=C(COC(=O)c1ccccc1NS(=O)(=O)c1cccs1)NC12CC3CC(CC(C3)C1)C2. The van der Waals surface area contributed by atoms with Gasteiger partial charge in [-0.25, -0.2) is 13.2 Å². The number of thiophene rings is 1. The van der Waals surface area contributed by atoms with Crippen LogP contribution in [0.15, 0.2) is 46.0 Å². The lowest BCUT2D eigenvalue weighted by atomic mass is 9.53. The molecule has 6 rings (SSSR count). The van der Waals surface area contributed by atoms with Gasteiger partial charge in [0.2, 0.25) is 0 Å². The normalized spacial score (nSPS) is 28.3. The summed E-state index contributed by atoms with van der Waals surface area (Å²) in [5, 5.41) is 4.84. The third-order valence-electron chi connectivity index (χ3n) is 6.93. The summed E-state index contributed by atoms with van der Waals surface area (Å²) in [5.41, 5.74) is 0.0366. The van der Waals surface area contributed by atoms with Gasteiger partial charge in [0.1, 0.15) is 4.21 Å². The van der Waals surface area contributed by atoms with E-state index in [1.165, 1.54) is 37.5 Å². The molecule has 4 saturated carbocycles. The van der Waals surface area contributed by atoms with E-state index < -0.39 is 16.0 Å². The van der Waals surface area contributed by atoms with Gasteiger partial charge in [-0.05, 0) is 79.9 Å². The van der Waals surface area contributed by atoms with E-state index in [2.05, 4.69) is 10.0 Å². The van der Waals surface area contributed by atoms with Crippen molar-refractivity contribution in [2.45, 2.75) is 48.3 Å². The van der Waals surface area contributed by atoms with E-state index in [9.17, 15) is 18.0 Å². The van der Waals surface area contributed by atoms with Gasteiger partial charge in [-0.15, -0.1) is 11.3 Å². The lowest BCUT2D eigenvalue weighted by Crippen LogP contribution is -2.60. The van der Waals surface area contributed by atoms with Crippen LogP contribution in [0.2, 0.25) is 0 Å². The van der Waals surface area contributed by atoms with Gasteiger partial charge in [-0.3, -0.25) is 9.52 Å². The molecule has 1 amide bonds. The number of benzene rings is 1. The molecule has 2 N–H and O–H groups in total. The lowest BCUT2D eigenvalue weighted by Gasteiger charge is -2.56. The summed E-state index contributed by atoms with van der Waals surface area (Å²) in [5.74, 6) is 1.07. The van der Waals surface area contributed by atoms with Crippen molar-refractivity contribution in [3.05, 3.63) is 47.3 Å². The molecule has 4 bridgehead atoms. The average molecular weight is 475 g/mol. The van der Waals surface area contributed by atoms with Crippen molar-refractivity contribution in [1.82, 2.24) is 5.32 Å². The van der Waals surface area contributed by atoms with E-state index in [-0.39, 0.29) is 33.5 Å². The van der Waals surface area contributed by atoms with Crippen LogP contribution in [0.1, 0.15) is 48.9 Å². The van der Waals surface area contributed by atoms with Crippen LogP contribution in [0.5, 0.6) is 0 Å². The largest absolute Gasteiger partial charge is 0.452 e. The summed E-state index contributed by atoms with van der Waals surface area (Å²) in [6.45, 7) is -0.382. The summed E-state index contributed by atoms with van der Waals surface area (Å²) in [4.78, 5) is 25.3. The second-order valence-corrected chi connectivity index (χ2v) is 12.3. The number of carbonyl (C=O) groups is 2. The van der Waals surface area contributed by atoms with Crippen molar-refractivity contribution in [3.63, 3.8) is 0 Å². The molecule has 1 heterocycles. The monoisotopic (exact) mass is 474 g/mol. The number of sulfonamides is 1. The zero-order valence-electron chi connectivity index (χ0n) is 17.6. The Hall–Kier alpha value is -2.39. The van der Waals surface area contributed by atoms with Gasteiger partial charge in [-0.1, -0.05) is 18.2 Å². The minimum atomic E-state index is -3.81. The van der Waals surface area contributed by atoms with Crippen molar-refractivity contribution in [2.75, 3.05) is 11.3 Å². The average Bonchev–Trinajstić information content (AvgIpc) is 3.27. The maximum atomic E-state index is 12.7. The number of rotatable bonds is 7. The summed E-state index contributed by atoms with van der Waals surface area (Å²) in [7, 11) is -3.81. The number of ether oxygens (including phenoxy) is 1. The number of esters is 1. The molecule has 7 nitrogen and oxygen atoms in total. The Balaban J connectivity index is 1.22. The molecule has 32 heavy (non-hydrogen) atoms. The van der Waals surface area contributed by atoms with Crippen LogP contribution in [0.25, 0.3) is 0 Å². The van der Waals surface area contributed by atoms with E-state index in [1.54, 1.807) is 23.6 Å². The van der Waals surface area contributed by atoms with Crippen molar-refractivity contribution in [3.8, 4) is 0 Å². The molecule has 2 aromatic rings. The fourth-order valence-electron chi connectivity index (χ4n) is 6.17. The predicted octanol–water partition coefficient (Wildman–Crippen LogP) is 3.79. The predicted molar refractivity (Wildman–Crippen MR) is 121 cm³/mol. The molecule has 4 aliphatic carbocycles. The molecule has 0 saturated heterocycles. The summed E-state index contributed by atoms with van der Waals surface area (Å²) in [6, 6.07) is 9.35. The third kappa shape index (κ3) is 4.28. The molecular weight excluding hydrogens is 448 g/mol. The Morgan fingerprint density at radius 2 is 1.66 bits per heavy atom. The Labute approximate surface area is 191 Å². The first-order valence-electron chi connectivity index (χ1n) is 11.0. The zero-order chi connectivity index (χ0) is 22.3.